The smallest absolute Gasteiger partial charge is 0.341 e. The fourth-order valence-corrected chi connectivity index (χ4v) is 4.34. The van der Waals surface area contributed by atoms with Crippen molar-refractivity contribution < 1.29 is 23.8 Å². The van der Waals surface area contributed by atoms with Gasteiger partial charge in [0.1, 0.15) is 22.1 Å². The van der Waals surface area contributed by atoms with Crippen molar-refractivity contribution in [1.82, 2.24) is 0 Å². The Bertz CT molecular complexity index is 1130. The van der Waals surface area contributed by atoms with E-state index in [4.69, 9.17) is 14.2 Å². The van der Waals surface area contributed by atoms with E-state index in [1.165, 1.54) is 17.4 Å². The highest BCUT2D eigenvalue weighted by molar-refractivity contribution is 7.17. The van der Waals surface area contributed by atoms with Crippen molar-refractivity contribution in [2.24, 2.45) is 0 Å². The molecule has 0 aliphatic heterocycles. The van der Waals surface area contributed by atoms with Gasteiger partial charge in [0.25, 0.3) is 0 Å². The normalized spacial score (nSPS) is 10.8. The molecule has 1 amide bonds. The monoisotopic (exact) mass is 451 g/mol. The molecular weight excluding hydrogens is 426 g/mol. The van der Waals surface area contributed by atoms with E-state index in [9.17, 15) is 9.59 Å². The van der Waals surface area contributed by atoms with Crippen LogP contribution >= 0.6 is 11.3 Å². The minimum absolute atomic E-state index is 0.241. The number of nitrogens with one attached hydrogen (secondary N) is 1. The molecule has 0 atom stereocenters. The van der Waals surface area contributed by atoms with Crippen molar-refractivity contribution in [3.05, 3.63) is 70.6 Å². The lowest BCUT2D eigenvalue weighted by Crippen LogP contribution is -2.12. The minimum atomic E-state index is -0.468. The molecule has 0 bridgehead atoms. The number of thiophene rings is 1. The number of anilines is 1. The van der Waals surface area contributed by atoms with Gasteiger partial charge in [-0.3, -0.25) is 4.79 Å². The number of amides is 1. The molecule has 1 aromatic heterocycles. The van der Waals surface area contributed by atoms with Crippen molar-refractivity contribution in [3.63, 3.8) is 0 Å². The van der Waals surface area contributed by atoms with Crippen LogP contribution in [-0.2, 0) is 9.53 Å². The molecule has 0 saturated heterocycles. The van der Waals surface area contributed by atoms with Gasteiger partial charge < -0.3 is 19.5 Å². The highest BCUT2D eigenvalue weighted by atomic mass is 32.1. The summed E-state index contributed by atoms with van der Waals surface area (Å²) >= 11 is 1.34. The number of carbonyl (C=O) groups is 2. The van der Waals surface area contributed by atoms with Crippen LogP contribution in [-0.4, -0.2) is 32.7 Å². The predicted octanol–water partition coefficient (Wildman–Crippen LogP) is 5.57. The van der Waals surface area contributed by atoms with Crippen LogP contribution in [0.15, 0.2) is 54.6 Å². The van der Waals surface area contributed by atoms with E-state index in [1.807, 2.05) is 37.3 Å². The van der Waals surface area contributed by atoms with Crippen molar-refractivity contribution in [2.75, 3.05) is 26.1 Å². The third kappa shape index (κ3) is 5.18. The second kappa shape index (κ2) is 10.6. The Hall–Kier alpha value is -3.58. The number of benzene rings is 2. The molecule has 1 heterocycles. The Kier molecular flexibility index (Phi) is 7.68. The molecule has 2 aromatic carbocycles. The molecule has 0 spiro atoms. The van der Waals surface area contributed by atoms with Crippen molar-refractivity contribution in [3.8, 4) is 22.6 Å². The molecule has 166 valence electrons. The van der Waals surface area contributed by atoms with Crippen molar-refractivity contribution in [1.29, 1.82) is 0 Å². The Labute approximate surface area is 191 Å². The van der Waals surface area contributed by atoms with E-state index >= 15 is 0 Å². The maximum absolute atomic E-state index is 12.8. The van der Waals surface area contributed by atoms with Crippen LogP contribution in [0.3, 0.4) is 0 Å². The molecule has 7 heteroatoms. The summed E-state index contributed by atoms with van der Waals surface area (Å²) in [4.78, 5) is 26.4. The molecule has 1 N–H and O–H groups in total. The summed E-state index contributed by atoms with van der Waals surface area (Å²) in [6.45, 7) is 3.91. The van der Waals surface area contributed by atoms with Crippen LogP contribution in [0.1, 0.15) is 27.7 Å². The summed E-state index contributed by atoms with van der Waals surface area (Å²) in [5.41, 5.74) is 2.71. The number of carbonyl (C=O) groups excluding carboxylic acids is 2. The number of hydrogen-bond acceptors (Lipinski definition) is 6. The summed E-state index contributed by atoms with van der Waals surface area (Å²) in [6.07, 6.45) is 3.03. The molecule has 0 fully saturated rings. The van der Waals surface area contributed by atoms with E-state index < -0.39 is 5.97 Å². The number of esters is 1. The number of rotatable bonds is 8. The Morgan fingerprint density at radius 3 is 2.47 bits per heavy atom. The molecule has 0 unspecified atom stereocenters. The number of methoxy groups -OCH3 is 2. The highest BCUT2D eigenvalue weighted by Gasteiger charge is 2.25. The summed E-state index contributed by atoms with van der Waals surface area (Å²) < 4.78 is 15.9. The number of ether oxygens (including phenoxy) is 3. The van der Waals surface area contributed by atoms with Crippen LogP contribution < -0.4 is 14.8 Å². The topological polar surface area (TPSA) is 73.9 Å². The molecule has 32 heavy (non-hydrogen) atoms. The third-order valence-corrected chi connectivity index (χ3v) is 5.73. The molecular formula is C25H25NO5S. The molecule has 0 aliphatic rings. The lowest BCUT2D eigenvalue weighted by Gasteiger charge is -2.09. The Balaban J connectivity index is 1.93. The first-order valence-corrected chi connectivity index (χ1v) is 10.9. The van der Waals surface area contributed by atoms with Crippen LogP contribution in [0.25, 0.3) is 17.2 Å². The maximum Gasteiger partial charge on any atom is 0.341 e. The molecule has 3 rings (SSSR count). The van der Waals surface area contributed by atoms with Gasteiger partial charge in [-0.15, -0.1) is 11.3 Å². The van der Waals surface area contributed by atoms with E-state index in [0.29, 0.717) is 27.6 Å². The van der Waals surface area contributed by atoms with E-state index in [0.717, 1.165) is 16.0 Å². The Morgan fingerprint density at radius 2 is 1.81 bits per heavy atom. The fraction of sp³-hybridized carbons (Fsp3) is 0.200. The van der Waals surface area contributed by atoms with Gasteiger partial charge in [-0.2, -0.15) is 0 Å². The molecule has 0 aliphatic carbocycles. The van der Waals surface area contributed by atoms with E-state index in [1.54, 1.807) is 45.4 Å². The summed E-state index contributed by atoms with van der Waals surface area (Å²) in [7, 11) is 3.13. The fourth-order valence-electron chi connectivity index (χ4n) is 3.27. The van der Waals surface area contributed by atoms with Crippen LogP contribution in [0, 0.1) is 6.92 Å². The average Bonchev–Trinajstić information content (AvgIpc) is 3.13. The minimum Gasteiger partial charge on any atom is -0.497 e. The zero-order chi connectivity index (χ0) is 23.1. The lowest BCUT2D eigenvalue weighted by molar-refractivity contribution is -0.111. The van der Waals surface area contributed by atoms with Gasteiger partial charge in [0.2, 0.25) is 5.91 Å². The zero-order valence-electron chi connectivity index (χ0n) is 18.4. The zero-order valence-corrected chi connectivity index (χ0v) is 19.2. The average molecular weight is 452 g/mol. The second-order valence-electron chi connectivity index (χ2n) is 6.75. The SMILES string of the molecule is CCOC(=O)c1c(NC(=O)/C=C/c2cc(OC)ccc2OC)sc(C)c1-c1ccccc1. The second-order valence-corrected chi connectivity index (χ2v) is 7.98. The van der Waals surface area contributed by atoms with Crippen LogP contribution in [0.4, 0.5) is 5.00 Å². The highest BCUT2D eigenvalue weighted by Crippen LogP contribution is 2.40. The first kappa shape index (κ1) is 23.1. The largest absolute Gasteiger partial charge is 0.497 e. The van der Waals surface area contributed by atoms with Crippen LogP contribution in [0.2, 0.25) is 0 Å². The molecule has 6 nitrogen and oxygen atoms in total. The standard InChI is InChI=1S/C25H25NO5S/c1-5-31-25(28)23-22(17-9-7-6-8-10-17)16(2)32-24(23)26-21(27)14-11-18-15-19(29-3)12-13-20(18)30-4/h6-15H,5H2,1-4H3,(H,26,27)/b14-11+. The summed E-state index contributed by atoms with van der Waals surface area (Å²) in [5, 5.41) is 3.29. The van der Waals surface area contributed by atoms with Gasteiger partial charge >= 0.3 is 5.97 Å². The first-order chi connectivity index (χ1) is 15.5. The molecule has 0 saturated carbocycles. The van der Waals surface area contributed by atoms with Crippen molar-refractivity contribution >= 4 is 34.3 Å². The van der Waals surface area contributed by atoms with Crippen molar-refractivity contribution in [2.45, 2.75) is 13.8 Å². The number of hydrogen-bond donors (Lipinski definition) is 1. The summed E-state index contributed by atoms with van der Waals surface area (Å²) in [5.74, 6) is 0.419. The number of aryl methyl sites for hydroxylation is 1. The van der Waals surface area contributed by atoms with Gasteiger partial charge in [0.05, 0.1) is 20.8 Å². The molecule has 3 aromatic rings. The lowest BCUT2D eigenvalue weighted by atomic mass is 10.0. The van der Waals surface area contributed by atoms with Gasteiger partial charge in [0, 0.05) is 22.1 Å². The molecule has 0 radical (unpaired) electrons. The summed E-state index contributed by atoms with van der Waals surface area (Å²) in [6, 6.07) is 14.9. The third-order valence-electron chi connectivity index (χ3n) is 4.71. The predicted molar refractivity (Wildman–Crippen MR) is 128 cm³/mol. The first-order valence-electron chi connectivity index (χ1n) is 10.1. The Morgan fingerprint density at radius 1 is 1.06 bits per heavy atom. The van der Waals surface area contributed by atoms with Gasteiger partial charge in [-0.25, -0.2) is 4.79 Å². The van der Waals surface area contributed by atoms with Gasteiger partial charge in [0.15, 0.2) is 0 Å². The van der Waals surface area contributed by atoms with E-state index in [2.05, 4.69) is 5.32 Å². The van der Waals surface area contributed by atoms with E-state index in [-0.39, 0.29) is 12.5 Å². The van der Waals surface area contributed by atoms with Gasteiger partial charge in [-0.05, 0) is 43.7 Å². The quantitative estimate of drug-likeness (QED) is 0.358. The van der Waals surface area contributed by atoms with Crippen LogP contribution in [0.5, 0.6) is 11.5 Å². The van der Waals surface area contributed by atoms with Gasteiger partial charge in [-0.1, -0.05) is 30.3 Å². The maximum atomic E-state index is 12.8.